The second kappa shape index (κ2) is 6.95. The first-order valence-electron chi connectivity index (χ1n) is 7.34. The lowest BCUT2D eigenvalue weighted by Gasteiger charge is -2.38. The number of amides is 1. The normalized spacial score (nSPS) is 23.4. The maximum Gasteiger partial charge on any atom is 0.410 e. The number of nitrogens with zero attached hydrogens (tertiary/aromatic N) is 1. The van der Waals surface area contributed by atoms with Crippen molar-refractivity contribution in [3.8, 4) is 0 Å². The Kier molecular flexibility index (Phi) is 5.84. The van der Waals surface area contributed by atoms with E-state index in [1.54, 1.807) is 4.90 Å². The van der Waals surface area contributed by atoms with E-state index in [0.717, 1.165) is 12.8 Å². The first-order chi connectivity index (χ1) is 9.23. The van der Waals surface area contributed by atoms with E-state index in [9.17, 15) is 9.59 Å². The fourth-order valence-corrected chi connectivity index (χ4v) is 2.48. The highest BCUT2D eigenvalue weighted by Gasteiger charge is 2.33. The van der Waals surface area contributed by atoms with Crippen molar-refractivity contribution in [2.45, 2.75) is 53.1 Å². The van der Waals surface area contributed by atoms with Crippen LogP contribution >= 0.6 is 0 Å². The summed E-state index contributed by atoms with van der Waals surface area (Å²) in [4.78, 5) is 24.7. The molecule has 1 rings (SSSR count). The minimum atomic E-state index is -0.465. The van der Waals surface area contributed by atoms with E-state index >= 15 is 0 Å². The van der Waals surface area contributed by atoms with Crippen molar-refractivity contribution in [2.75, 3.05) is 19.7 Å². The highest BCUT2D eigenvalue weighted by atomic mass is 16.6. The number of hydrogen-bond donors (Lipinski definition) is 0. The Morgan fingerprint density at radius 2 is 1.90 bits per heavy atom. The lowest BCUT2D eigenvalue weighted by molar-refractivity contribution is -0.143. The largest absolute Gasteiger partial charge is 0.466 e. The van der Waals surface area contributed by atoms with Gasteiger partial charge in [0.1, 0.15) is 5.60 Å². The van der Waals surface area contributed by atoms with Crippen LogP contribution in [0.3, 0.4) is 0 Å². The molecule has 1 saturated heterocycles. The van der Waals surface area contributed by atoms with Crippen LogP contribution in [0.2, 0.25) is 0 Å². The van der Waals surface area contributed by atoms with Gasteiger partial charge in [-0.15, -0.1) is 0 Å². The van der Waals surface area contributed by atoms with Gasteiger partial charge in [-0.2, -0.15) is 0 Å². The Labute approximate surface area is 121 Å². The van der Waals surface area contributed by atoms with Gasteiger partial charge in [-0.1, -0.05) is 13.3 Å². The van der Waals surface area contributed by atoms with Crippen molar-refractivity contribution in [1.82, 2.24) is 4.90 Å². The van der Waals surface area contributed by atoms with Crippen molar-refractivity contribution >= 4 is 12.1 Å². The Hall–Kier alpha value is -1.26. The number of carbonyl (C=O) groups excluding carboxylic acids is 2. The Bertz CT molecular complexity index is 348. The number of esters is 1. The summed E-state index contributed by atoms with van der Waals surface area (Å²) in [6.07, 6.45) is 1.57. The van der Waals surface area contributed by atoms with E-state index in [1.807, 2.05) is 20.8 Å². The van der Waals surface area contributed by atoms with Gasteiger partial charge in [-0.25, -0.2) is 4.79 Å². The Morgan fingerprint density at radius 1 is 1.25 bits per heavy atom. The third-order valence-electron chi connectivity index (χ3n) is 3.57. The SMILES string of the molecule is CC[C@H]1CN(C(=O)OC(C)(C)C)CC[C@H]1COC(C)=O. The lowest BCUT2D eigenvalue weighted by atomic mass is 9.84. The molecule has 0 aliphatic carbocycles. The van der Waals surface area contributed by atoms with Gasteiger partial charge in [-0.05, 0) is 39.0 Å². The van der Waals surface area contributed by atoms with Gasteiger partial charge in [0.15, 0.2) is 0 Å². The lowest BCUT2D eigenvalue weighted by Crippen LogP contribution is -2.46. The second-order valence-corrected chi connectivity index (χ2v) is 6.45. The summed E-state index contributed by atoms with van der Waals surface area (Å²) in [5.41, 5.74) is -0.465. The van der Waals surface area contributed by atoms with Crippen LogP contribution in [-0.4, -0.2) is 42.3 Å². The van der Waals surface area contributed by atoms with Gasteiger partial charge in [0, 0.05) is 20.0 Å². The van der Waals surface area contributed by atoms with Crippen molar-refractivity contribution in [1.29, 1.82) is 0 Å². The number of hydrogen-bond acceptors (Lipinski definition) is 4. The highest BCUT2D eigenvalue weighted by Crippen LogP contribution is 2.27. The molecule has 0 spiro atoms. The molecule has 1 aliphatic heterocycles. The maximum atomic E-state index is 12.1. The van der Waals surface area contributed by atoms with Crippen molar-refractivity contribution in [2.24, 2.45) is 11.8 Å². The molecule has 20 heavy (non-hydrogen) atoms. The first-order valence-corrected chi connectivity index (χ1v) is 7.34. The monoisotopic (exact) mass is 285 g/mol. The molecule has 1 amide bonds. The number of likely N-dealkylation sites (tertiary alicyclic amines) is 1. The van der Waals surface area contributed by atoms with E-state index in [2.05, 4.69) is 6.92 Å². The molecule has 0 aromatic rings. The molecule has 1 heterocycles. The summed E-state index contributed by atoms with van der Waals surface area (Å²) in [5.74, 6) is 0.452. The van der Waals surface area contributed by atoms with Crippen molar-refractivity contribution in [3.05, 3.63) is 0 Å². The molecule has 1 fully saturated rings. The molecular formula is C15H27NO4. The van der Waals surface area contributed by atoms with E-state index in [-0.39, 0.29) is 12.1 Å². The Balaban J connectivity index is 2.54. The van der Waals surface area contributed by atoms with E-state index in [0.29, 0.717) is 31.5 Å². The molecular weight excluding hydrogens is 258 g/mol. The second-order valence-electron chi connectivity index (χ2n) is 6.45. The summed E-state index contributed by atoms with van der Waals surface area (Å²) in [6, 6.07) is 0. The van der Waals surface area contributed by atoms with E-state index in [4.69, 9.17) is 9.47 Å². The summed E-state index contributed by atoms with van der Waals surface area (Å²) >= 11 is 0. The molecule has 0 unspecified atom stereocenters. The fourth-order valence-electron chi connectivity index (χ4n) is 2.48. The van der Waals surface area contributed by atoms with Gasteiger partial charge < -0.3 is 14.4 Å². The van der Waals surface area contributed by atoms with Crippen molar-refractivity contribution < 1.29 is 19.1 Å². The van der Waals surface area contributed by atoms with Crippen molar-refractivity contribution in [3.63, 3.8) is 0 Å². The van der Waals surface area contributed by atoms with Gasteiger partial charge >= 0.3 is 12.1 Å². The van der Waals surface area contributed by atoms with Gasteiger partial charge in [0.05, 0.1) is 6.61 Å². The molecule has 0 radical (unpaired) electrons. The van der Waals surface area contributed by atoms with Crippen LogP contribution in [0.25, 0.3) is 0 Å². The summed E-state index contributed by atoms with van der Waals surface area (Å²) in [6.45, 7) is 10.9. The molecule has 0 N–H and O–H groups in total. The Morgan fingerprint density at radius 3 is 2.40 bits per heavy atom. The molecule has 1 aliphatic rings. The molecule has 5 heteroatoms. The zero-order valence-corrected chi connectivity index (χ0v) is 13.3. The van der Waals surface area contributed by atoms with Crippen LogP contribution in [0.15, 0.2) is 0 Å². The molecule has 0 aromatic heterocycles. The van der Waals surface area contributed by atoms with E-state index < -0.39 is 5.60 Å². The van der Waals surface area contributed by atoms with Crippen LogP contribution in [0.1, 0.15) is 47.5 Å². The number of ether oxygens (including phenoxy) is 2. The number of rotatable bonds is 3. The minimum absolute atomic E-state index is 0.241. The quantitative estimate of drug-likeness (QED) is 0.748. The topological polar surface area (TPSA) is 55.8 Å². The molecule has 0 aromatic carbocycles. The zero-order valence-electron chi connectivity index (χ0n) is 13.3. The van der Waals surface area contributed by atoms with Crippen LogP contribution in [0, 0.1) is 11.8 Å². The van der Waals surface area contributed by atoms with Crippen LogP contribution < -0.4 is 0 Å². The van der Waals surface area contributed by atoms with Crippen LogP contribution in [0.5, 0.6) is 0 Å². The van der Waals surface area contributed by atoms with E-state index in [1.165, 1.54) is 6.92 Å². The first kappa shape index (κ1) is 16.8. The van der Waals surface area contributed by atoms with Crippen LogP contribution in [0.4, 0.5) is 4.79 Å². The average Bonchev–Trinajstić information content (AvgIpc) is 2.33. The predicted octanol–water partition coefficient (Wildman–Crippen LogP) is 2.83. The summed E-state index contributed by atoms with van der Waals surface area (Å²) in [5, 5.41) is 0. The fraction of sp³-hybridized carbons (Fsp3) is 0.867. The van der Waals surface area contributed by atoms with Gasteiger partial charge in [0.25, 0.3) is 0 Å². The highest BCUT2D eigenvalue weighted by molar-refractivity contribution is 5.68. The third-order valence-corrected chi connectivity index (χ3v) is 3.57. The predicted molar refractivity (Wildman–Crippen MR) is 76.3 cm³/mol. The molecule has 0 bridgehead atoms. The van der Waals surface area contributed by atoms with Crippen LogP contribution in [-0.2, 0) is 14.3 Å². The number of piperidine rings is 1. The molecule has 116 valence electrons. The maximum absolute atomic E-state index is 12.1. The number of carbonyl (C=O) groups is 2. The summed E-state index contributed by atoms with van der Waals surface area (Å²) in [7, 11) is 0. The molecule has 0 saturated carbocycles. The average molecular weight is 285 g/mol. The smallest absolute Gasteiger partial charge is 0.410 e. The molecule has 2 atom stereocenters. The van der Waals surface area contributed by atoms with Gasteiger partial charge in [0.2, 0.25) is 0 Å². The minimum Gasteiger partial charge on any atom is -0.466 e. The molecule has 5 nitrogen and oxygen atoms in total. The van der Waals surface area contributed by atoms with Gasteiger partial charge in [-0.3, -0.25) is 4.79 Å². The standard InChI is InChI=1S/C15H27NO4/c1-6-12-9-16(14(18)20-15(3,4)5)8-7-13(12)10-19-11(2)17/h12-13H,6-10H2,1-5H3/t12-,13-/m0/s1. The third kappa shape index (κ3) is 5.39. The zero-order chi connectivity index (χ0) is 15.3. The summed E-state index contributed by atoms with van der Waals surface area (Å²) < 4.78 is 10.5.